The SMILES string of the molecule is CC.CC.Cc1ccc(C)c(F)n1. The fourth-order valence-corrected chi connectivity index (χ4v) is 0.595. The Hall–Kier alpha value is -0.920. The zero-order valence-electron chi connectivity index (χ0n) is 9.48. The van der Waals surface area contributed by atoms with Crippen molar-refractivity contribution in [2.24, 2.45) is 0 Å². The molecule has 0 atom stereocenters. The number of rotatable bonds is 0. The standard InChI is InChI=1S/C7H8FN.2C2H6/c1-5-3-4-6(2)9-7(5)8;2*1-2/h3-4H,1-2H3;2*1-2H3. The molecule has 0 unspecified atom stereocenters. The first-order valence-corrected chi connectivity index (χ1v) is 4.80. The number of nitrogens with zero attached hydrogens (tertiary/aromatic N) is 1. The van der Waals surface area contributed by atoms with Crippen LogP contribution in [0.3, 0.4) is 0 Å². The largest absolute Gasteiger partial charge is 0.225 e. The van der Waals surface area contributed by atoms with Gasteiger partial charge in [0.1, 0.15) is 0 Å². The smallest absolute Gasteiger partial charge is 0.215 e. The van der Waals surface area contributed by atoms with Gasteiger partial charge in [0.15, 0.2) is 0 Å². The van der Waals surface area contributed by atoms with Crippen LogP contribution < -0.4 is 0 Å². The molecule has 0 radical (unpaired) electrons. The van der Waals surface area contributed by atoms with E-state index in [-0.39, 0.29) is 5.95 Å². The summed E-state index contributed by atoms with van der Waals surface area (Å²) in [5.41, 5.74) is 1.32. The predicted octanol–water partition coefficient (Wildman–Crippen LogP) is 3.89. The van der Waals surface area contributed by atoms with Gasteiger partial charge in [0.2, 0.25) is 5.95 Å². The molecule has 0 aromatic carbocycles. The number of hydrogen-bond donors (Lipinski definition) is 0. The Kier molecular flexibility index (Phi) is 10.3. The van der Waals surface area contributed by atoms with E-state index in [1.807, 2.05) is 27.7 Å². The van der Waals surface area contributed by atoms with Crippen molar-refractivity contribution in [1.82, 2.24) is 4.98 Å². The second-order valence-corrected chi connectivity index (χ2v) is 2.06. The van der Waals surface area contributed by atoms with Gasteiger partial charge in [-0.2, -0.15) is 4.39 Å². The lowest BCUT2D eigenvalue weighted by molar-refractivity contribution is 0.571. The number of pyridine rings is 1. The summed E-state index contributed by atoms with van der Waals surface area (Å²) in [6.45, 7) is 11.5. The number of aryl methyl sites for hydroxylation is 2. The van der Waals surface area contributed by atoms with Crippen LogP contribution in [0.1, 0.15) is 39.0 Å². The summed E-state index contributed by atoms with van der Waals surface area (Å²) in [5.74, 6) is -0.366. The average Bonchev–Trinajstić information content (AvgIpc) is 2.18. The van der Waals surface area contributed by atoms with Crippen molar-refractivity contribution in [3.63, 3.8) is 0 Å². The van der Waals surface area contributed by atoms with E-state index in [1.165, 1.54) is 0 Å². The topological polar surface area (TPSA) is 12.9 Å². The Labute approximate surface area is 81.0 Å². The molecular weight excluding hydrogens is 165 g/mol. The summed E-state index contributed by atoms with van der Waals surface area (Å²) in [5, 5.41) is 0. The summed E-state index contributed by atoms with van der Waals surface area (Å²) in [6, 6.07) is 3.51. The van der Waals surface area contributed by atoms with Crippen molar-refractivity contribution in [2.75, 3.05) is 0 Å². The summed E-state index contributed by atoms with van der Waals surface area (Å²) in [6.07, 6.45) is 0. The molecule has 0 aliphatic heterocycles. The van der Waals surface area contributed by atoms with E-state index >= 15 is 0 Å². The number of halogens is 1. The van der Waals surface area contributed by atoms with E-state index in [9.17, 15) is 4.39 Å². The van der Waals surface area contributed by atoms with Crippen LogP contribution in [0.15, 0.2) is 12.1 Å². The van der Waals surface area contributed by atoms with Gasteiger partial charge in [0.05, 0.1) is 0 Å². The molecule has 0 aliphatic carbocycles. The van der Waals surface area contributed by atoms with Crippen molar-refractivity contribution in [3.05, 3.63) is 29.3 Å². The van der Waals surface area contributed by atoms with E-state index in [4.69, 9.17) is 0 Å². The number of hydrogen-bond acceptors (Lipinski definition) is 1. The minimum absolute atomic E-state index is 0.366. The van der Waals surface area contributed by atoms with E-state index in [0.717, 1.165) is 5.69 Å². The number of aromatic nitrogens is 1. The lowest BCUT2D eigenvalue weighted by Gasteiger charge is -1.93. The first kappa shape index (κ1) is 14.6. The normalized spacial score (nSPS) is 7.62. The molecule has 1 rings (SSSR count). The van der Waals surface area contributed by atoms with Gasteiger partial charge < -0.3 is 0 Å². The third-order valence-corrected chi connectivity index (χ3v) is 1.17. The molecule has 0 amide bonds. The van der Waals surface area contributed by atoms with Crippen LogP contribution in [0.2, 0.25) is 0 Å². The van der Waals surface area contributed by atoms with Gasteiger partial charge in [0.25, 0.3) is 0 Å². The summed E-state index contributed by atoms with van der Waals surface area (Å²) >= 11 is 0. The highest BCUT2D eigenvalue weighted by Gasteiger charge is 1.95. The molecule has 0 bridgehead atoms. The lowest BCUT2D eigenvalue weighted by Crippen LogP contribution is -1.88. The molecule has 0 saturated carbocycles. The Morgan fingerprint density at radius 3 is 1.77 bits per heavy atom. The minimum atomic E-state index is -0.366. The van der Waals surface area contributed by atoms with Crippen LogP contribution in [0, 0.1) is 19.8 Å². The zero-order valence-corrected chi connectivity index (χ0v) is 9.48. The summed E-state index contributed by atoms with van der Waals surface area (Å²) in [4.78, 5) is 3.61. The first-order chi connectivity index (χ1) is 6.20. The maximum atomic E-state index is 12.5. The zero-order chi connectivity index (χ0) is 10.9. The van der Waals surface area contributed by atoms with E-state index in [2.05, 4.69) is 4.98 Å². The molecule has 0 saturated heterocycles. The second-order valence-electron chi connectivity index (χ2n) is 2.06. The first-order valence-electron chi connectivity index (χ1n) is 4.80. The van der Waals surface area contributed by atoms with E-state index in [0.29, 0.717) is 5.56 Å². The molecule has 1 aromatic rings. The van der Waals surface area contributed by atoms with E-state index in [1.54, 1.807) is 26.0 Å². The molecule has 1 aromatic heterocycles. The molecule has 0 spiro atoms. The Bertz CT molecular complexity index is 221. The minimum Gasteiger partial charge on any atom is -0.225 e. The highest BCUT2D eigenvalue weighted by molar-refractivity contribution is 5.12. The molecule has 76 valence electrons. The second kappa shape index (κ2) is 9.17. The van der Waals surface area contributed by atoms with Crippen molar-refractivity contribution < 1.29 is 4.39 Å². The van der Waals surface area contributed by atoms with Gasteiger partial charge >= 0.3 is 0 Å². The maximum Gasteiger partial charge on any atom is 0.215 e. The molecule has 1 heterocycles. The molecule has 13 heavy (non-hydrogen) atoms. The molecule has 0 fully saturated rings. The average molecular weight is 185 g/mol. The van der Waals surface area contributed by atoms with Crippen LogP contribution in [0.5, 0.6) is 0 Å². The molecule has 0 aliphatic rings. The Morgan fingerprint density at radius 1 is 1.00 bits per heavy atom. The van der Waals surface area contributed by atoms with Crippen LogP contribution in [-0.4, -0.2) is 4.98 Å². The van der Waals surface area contributed by atoms with Crippen molar-refractivity contribution in [3.8, 4) is 0 Å². The molecule has 2 heteroatoms. The Morgan fingerprint density at radius 2 is 1.46 bits per heavy atom. The summed E-state index contributed by atoms with van der Waals surface area (Å²) in [7, 11) is 0. The quantitative estimate of drug-likeness (QED) is 0.559. The van der Waals surface area contributed by atoms with Crippen LogP contribution in [-0.2, 0) is 0 Å². The lowest BCUT2D eigenvalue weighted by atomic mass is 10.3. The van der Waals surface area contributed by atoms with Crippen LogP contribution in [0.25, 0.3) is 0 Å². The van der Waals surface area contributed by atoms with Gasteiger partial charge in [0, 0.05) is 11.3 Å². The predicted molar refractivity (Wildman–Crippen MR) is 56.4 cm³/mol. The third kappa shape index (κ3) is 6.26. The van der Waals surface area contributed by atoms with Gasteiger partial charge in [-0.25, -0.2) is 4.98 Å². The third-order valence-electron chi connectivity index (χ3n) is 1.17. The van der Waals surface area contributed by atoms with Gasteiger partial charge in [-0.15, -0.1) is 0 Å². The van der Waals surface area contributed by atoms with Crippen LogP contribution in [0.4, 0.5) is 4.39 Å². The van der Waals surface area contributed by atoms with Crippen molar-refractivity contribution in [1.29, 1.82) is 0 Å². The van der Waals surface area contributed by atoms with Gasteiger partial charge in [-0.1, -0.05) is 33.8 Å². The maximum absolute atomic E-state index is 12.5. The molecule has 0 N–H and O–H groups in total. The van der Waals surface area contributed by atoms with Gasteiger partial charge in [-0.3, -0.25) is 0 Å². The Balaban J connectivity index is 0. The molecular formula is C11H20FN. The molecule has 1 nitrogen and oxygen atoms in total. The van der Waals surface area contributed by atoms with Crippen molar-refractivity contribution >= 4 is 0 Å². The van der Waals surface area contributed by atoms with E-state index < -0.39 is 0 Å². The fraction of sp³-hybridized carbons (Fsp3) is 0.545. The highest BCUT2D eigenvalue weighted by atomic mass is 19.1. The van der Waals surface area contributed by atoms with Crippen LogP contribution >= 0.6 is 0 Å². The fourth-order valence-electron chi connectivity index (χ4n) is 0.595. The monoisotopic (exact) mass is 185 g/mol. The summed E-state index contributed by atoms with van der Waals surface area (Å²) < 4.78 is 12.5. The van der Waals surface area contributed by atoms with Gasteiger partial charge in [-0.05, 0) is 19.9 Å². The van der Waals surface area contributed by atoms with Crippen molar-refractivity contribution in [2.45, 2.75) is 41.5 Å². The highest BCUT2D eigenvalue weighted by Crippen LogP contribution is 2.02.